The molecule has 2 atom stereocenters. The molecule has 0 saturated carbocycles. The zero-order valence-electron chi connectivity index (χ0n) is 8.74. The first-order chi connectivity index (χ1) is 5.99. The molecule has 0 radical (unpaired) electrons. The lowest BCUT2D eigenvalue weighted by atomic mass is 10.2. The van der Waals surface area contributed by atoms with Gasteiger partial charge in [0, 0.05) is 11.0 Å². The lowest BCUT2D eigenvalue weighted by Gasteiger charge is -2.16. The van der Waals surface area contributed by atoms with E-state index in [-0.39, 0.29) is 5.97 Å². The molecule has 3 nitrogen and oxygen atoms in total. The molecule has 0 aliphatic heterocycles. The maximum atomic E-state index is 10.9. The van der Waals surface area contributed by atoms with Crippen LogP contribution in [-0.2, 0) is 9.53 Å². The summed E-state index contributed by atoms with van der Waals surface area (Å²) in [7, 11) is 1.36. The van der Waals surface area contributed by atoms with Gasteiger partial charge in [0.25, 0.3) is 0 Å². The Bertz CT molecular complexity index is 162. The van der Waals surface area contributed by atoms with Crippen molar-refractivity contribution in [2.75, 3.05) is 12.9 Å². The Morgan fingerprint density at radius 1 is 1.46 bits per heavy atom. The number of ether oxygens (including phenoxy) is 1. The van der Waals surface area contributed by atoms with Gasteiger partial charge in [0.05, 0.1) is 7.11 Å². The molecular formula is C9H19NO2S. The summed E-state index contributed by atoms with van der Waals surface area (Å²) in [5.41, 5.74) is 5.58. The first-order valence-corrected chi connectivity index (χ1v) is 5.49. The van der Waals surface area contributed by atoms with Crippen molar-refractivity contribution in [2.45, 2.75) is 32.1 Å². The highest BCUT2D eigenvalue weighted by Crippen LogP contribution is 2.18. The molecule has 0 aromatic rings. The van der Waals surface area contributed by atoms with Crippen LogP contribution >= 0.6 is 11.8 Å². The summed E-state index contributed by atoms with van der Waals surface area (Å²) >= 11 is 1.71. The quantitative estimate of drug-likeness (QED) is 0.687. The fourth-order valence-corrected chi connectivity index (χ4v) is 1.70. The van der Waals surface area contributed by atoms with Crippen molar-refractivity contribution in [3.05, 3.63) is 0 Å². The SMILES string of the molecule is COC(=O)C(N)CSC(C)C(C)C. The Labute approximate surface area is 84.4 Å². The maximum Gasteiger partial charge on any atom is 0.323 e. The summed E-state index contributed by atoms with van der Waals surface area (Å²) < 4.78 is 4.53. The average Bonchev–Trinajstić information content (AvgIpc) is 2.11. The van der Waals surface area contributed by atoms with Crippen LogP contribution in [0, 0.1) is 5.92 Å². The molecule has 0 aliphatic carbocycles. The summed E-state index contributed by atoms with van der Waals surface area (Å²) in [6, 6.07) is -0.490. The van der Waals surface area contributed by atoms with E-state index in [1.54, 1.807) is 11.8 Å². The third-order valence-corrected chi connectivity index (χ3v) is 3.60. The summed E-state index contributed by atoms with van der Waals surface area (Å²) in [5, 5.41) is 0.524. The minimum atomic E-state index is -0.490. The second kappa shape index (κ2) is 6.27. The highest BCUT2D eigenvalue weighted by molar-refractivity contribution is 7.99. The van der Waals surface area contributed by atoms with Gasteiger partial charge < -0.3 is 10.5 Å². The van der Waals surface area contributed by atoms with Crippen molar-refractivity contribution >= 4 is 17.7 Å². The number of hydrogen-bond donors (Lipinski definition) is 1. The van der Waals surface area contributed by atoms with Crippen LogP contribution in [0.3, 0.4) is 0 Å². The first kappa shape index (κ1) is 12.8. The van der Waals surface area contributed by atoms with Crippen molar-refractivity contribution in [2.24, 2.45) is 11.7 Å². The van der Waals surface area contributed by atoms with Crippen LogP contribution in [0.4, 0.5) is 0 Å². The Hall–Kier alpha value is -0.220. The van der Waals surface area contributed by atoms with Crippen LogP contribution in [0.1, 0.15) is 20.8 Å². The van der Waals surface area contributed by atoms with Gasteiger partial charge in [0.2, 0.25) is 0 Å². The van der Waals surface area contributed by atoms with E-state index in [0.717, 1.165) is 0 Å². The Morgan fingerprint density at radius 2 is 2.00 bits per heavy atom. The van der Waals surface area contributed by atoms with Crippen molar-refractivity contribution < 1.29 is 9.53 Å². The molecule has 0 fully saturated rings. The first-order valence-electron chi connectivity index (χ1n) is 4.44. The maximum absolute atomic E-state index is 10.9. The van der Waals surface area contributed by atoms with E-state index in [4.69, 9.17) is 5.73 Å². The Balaban J connectivity index is 3.69. The van der Waals surface area contributed by atoms with Crippen LogP contribution in [0.2, 0.25) is 0 Å². The average molecular weight is 205 g/mol. The van der Waals surface area contributed by atoms with Crippen LogP contribution in [0.15, 0.2) is 0 Å². The van der Waals surface area contributed by atoms with Gasteiger partial charge in [-0.25, -0.2) is 0 Å². The number of carbonyl (C=O) groups excluding carboxylic acids is 1. The van der Waals surface area contributed by atoms with Crippen LogP contribution < -0.4 is 5.73 Å². The van der Waals surface area contributed by atoms with Gasteiger partial charge in [-0.05, 0) is 5.92 Å². The lowest BCUT2D eigenvalue weighted by Crippen LogP contribution is -2.34. The van der Waals surface area contributed by atoms with Crippen molar-refractivity contribution in [3.8, 4) is 0 Å². The smallest absolute Gasteiger partial charge is 0.323 e. The standard InChI is InChI=1S/C9H19NO2S/c1-6(2)7(3)13-5-8(10)9(11)12-4/h6-8H,5,10H2,1-4H3. The number of nitrogens with two attached hydrogens (primary N) is 1. The molecule has 4 heteroatoms. The topological polar surface area (TPSA) is 52.3 Å². The van der Waals surface area contributed by atoms with Crippen molar-refractivity contribution in [1.29, 1.82) is 0 Å². The summed E-state index contributed by atoms with van der Waals surface area (Å²) in [6.45, 7) is 6.45. The molecule has 78 valence electrons. The molecule has 0 aromatic heterocycles. The zero-order chi connectivity index (χ0) is 10.4. The number of thioether (sulfide) groups is 1. The van der Waals surface area contributed by atoms with Gasteiger partial charge in [-0.3, -0.25) is 4.79 Å². The highest BCUT2D eigenvalue weighted by Gasteiger charge is 2.16. The number of esters is 1. The summed E-state index contributed by atoms with van der Waals surface area (Å²) in [5.74, 6) is 0.907. The van der Waals surface area contributed by atoms with E-state index in [1.165, 1.54) is 7.11 Å². The zero-order valence-corrected chi connectivity index (χ0v) is 9.56. The van der Waals surface area contributed by atoms with Crippen LogP contribution in [0.5, 0.6) is 0 Å². The van der Waals surface area contributed by atoms with Gasteiger partial charge in [-0.1, -0.05) is 20.8 Å². The van der Waals surface area contributed by atoms with E-state index in [0.29, 0.717) is 16.9 Å². The van der Waals surface area contributed by atoms with Gasteiger partial charge in [-0.15, -0.1) is 0 Å². The monoisotopic (exact) mass is 205 g/mol. The molecule has 0 bridgehead atoms. The predicted octanol–water partition coefficient (Wildman–Crippen LogP) is 1.26. The van der Waals surface area contributed by atoms with E-state index in [2.05, 4.69) is 25.5 Å². The van der Waals surface area contributed by atoms with Gasteiger partial charge >= 0.3 is 5.97 Å². The third kappa shape index (κ3) is 5.16. The van der Waals surface area contributed by atoms with Crippen molar-refractivity contribution in [3.63, 3.8) is 0 Å². The molecule has 0 aliphatic rings. The fourth-order valence-electron chi connectivity index (χ4n) is 0.667. The second-order valence-corrected chi connectivity index (χ2v) is 4.82. The molecule has 2 N–H and O–H groups in total. The molecule has 0 spiro atoms. The van der Waals surface area contributed by atoms with Gasteiger partial charge in [0.15, 0.2) is 0 Å². The minimum Gasteiger partial charge on any atom is -0.468 e. The molecule has 2 unspecified atom stereocenters. The molecule has 13 heavy (non-hydrogen) atoms. The second-order valence-electron chi connectivity index (χ2n) is 3.41. The number of rotatable bonds is 5. The van der Waals surface area contributed by atoms with Crippen LogP contribution in [0.25, 0.3) is 0 Å². The van der Waals surface area contributed by atoms with Crippen molar-refractivity contribution in [1.82, 2.24) is 0 Å². The summed E-state index contributed by atoms with van der Waals surface area (Å²) in [6.07, 6.45) is 0. The number of hydrogen-bond acceptors (Lipinski definition) is 4. The Morgan fingerprint density at radius 3 is 2.38 bits per heavy atom. The predicted molar refractivity (Wildman–Crippen MR) is 56.7 cm³/mol. The molecule has 0 amide bonds. The van der Waals surface area contributed by atoms with E-state index in [9.17, 15) is 4.79 Å². The molecule has 0 saturated heterocycles. The Kier molecular flexibility index (Phi) is 6.16. The summed E-state index contributed by atoms with van der Waals surface area (Å²) in [4.78, 5) is 10.9. The van der Waals surface area contributed by atoms with Gasteiger partial charge in [0.1, 0.15) is 6.04 Å². The number of carbonyl (C=O) groups is 1. The van der Waals surface area contributed by atoms with Crippen LogP contribution in [-0.4, -0.2) is 30.1 Å². The van der Waals surface area contributed by atoms with E-state index >= 15 is 0 Å². The molecule has 0 aromatic carbocycles. The largest absolute Gasteiger partial charge is 0.468 e. The van der Waals surface area contributed by atoms with E-state index < -0.39 is 6.04 Å². The minimum absolute atomic E-state index is 0.330. The molecule has 0 heterocycles. The normalized spacial score (nSPS) is 15.5. The lowest BCUT2D eigenvalue weighted by molar-refractivity contribution is -0.141. The third-order valence-electron chi connectivity index (χ3n) is 1.98. The number of methoxy groups -OCH3 is 1. The van der Waals surface area contributed by atoms with E-state index in [1.807, 2.05) is 0 Å². The molecule has 0 rings (SSSR count). The highest BCUT2D eigenvalue weighted by atomic mass is 32.2. The van der Waals surface area contributed by atoms with Gasteiger partial charge in [-0.2, -0.15) is 11.8 Å². The molecular weight excluding hydrogens is 186 g/mol. The fraction of sp³-hybridized carbons (Fsp3) is 0.889.